The Morgan fingerprint density at radius 1 is 1.13 bits per heavy atom. The van der Waals surface area contributed by atoms with E-state index in [1.54, 1.807) is 0 Å². The summed E-state index contributed by atoms with van der Waals surface area (Å²) in [6.45, 7) is 6.81. The number of likely N-dealkylation sites (N-methyl/N-ethyl adjacent to an activating group) is 1. The molecule has 0 aromatic carbocycles. The summed E-state index contributed by atoms with van der Waals surface area (Å²) < 4.78 is 0. The van der Waals surface area contributed by atoms with Crippen LogP contribution in [0.3, 0.4) is 0 Å². The average molecular weight is 213 g/mol. The van der Waals surface area contributed by atoms with Gasteiger partial charge >= 0.3 is 0 Å². The van der Waals surface area contributed by atoms with E-state index < -0.39 is 0 Å². The maximum Gasteiger partial charge on any atom is 0.0283 e. The molecule has 0 aliphatic heterocycles. The van der Waals surface area contributed by atoms with E-state index in [1.165, 1.54) is 32.2 Å². The summed E-state index contributed by atoms with van der Waals surface area (Å²) in [6, 6.07) is 0. The summed E-state index contributed by atoms with van der Waals surface area (Å²) in [4.78, 5) is 4.77. The molecule has 90 valence electrons. The van der Waals surface area contributed by atoms with Gasteiger partial charge in [-0.05, 0) is 46.3 Å². The zero-order valence-corrected chi connectivity index (χ0v) is 10.6. The van der Waals surface area contributed by atoms with Crippen molar-refractivity contribution in [2.24, 2.45) is 5.73 Å². The summed E-state index contributed by atoms with van der Waals surface area (Å²) in [5.74, 6) is 0. The Balaban J connectivity index is 2.29. The van der Waals surface area contributed by atoms with Gasteiger partial charge in [0.25, 0.3) is 0 Å². The Bertz CT molecular complexity index is 176. The van der Waals surface area contributed by atoms with Gasteiger partial charge in [-0.3, -0.25) is 0 Å². The Labute approximate surface area is 94.6 Å². The van der Waals surface area contributed by atoms with E-state index in [4.69, 9.17) is 5.73 Å². The van der Waals surface area contributed by atoms with Crippen molar-refractivity contribution >= 4 is 0 Å². The number of rotatable bonds is 7. The second kappa shape index (κ2) is 5.83. The fourth-order valence-electron chi connectivity index (χ4n) is 2.16. The topological polar surface area (TPSA) is 32.5 Å². The first-order chi connectivity index (χ1) is 7.06. The van der Waals surface area contributed by atoms with Crippen LogP contribution in [0.5, 0.6) is 0 Å². The molecule has 0 bridgehead atoms. The van der Waals surface area contributed by atoms with Gasteiger partial charge in [-0.1, -0.05) is 6.92 Å². The monoisotopic (exact) mass is 213 g/mol. The summed E-state index contributed by atoms with van der Waals surface area (Å²) in [5.41, 5.74) is 6.43. The molecule has 0 aromatic rings. The van der Waals surface area contributed by atoms with Crippen LogP contribution in [0.1, 0.15) is 32.6 Å². The van der Waals surface area contributed by atoms with E-state index in [-0.39, 0.29) is 5.54 Å². The molecule has 1 fully saturated rings. The van der Waals surface area contributed by atoms with Crippen LogP contribution in [0.2, 0.25) is 0 Å². The van der Waals surface area contributed by atoms with Gasteiger partial charge in [-0.15, -0.1) is 0 Å². The number of hydrogen-bond donors (Lipinski definition) is 1. The third kappa shape index (κ3) is 4.49. The lowest BCUT2D eigenvalue weighted by atomic mass is 9.77. The molecule has 0 atom stereocenters. The number of nitrogens with zero attached hydrogens (tertiary/aromatic N) is 2. The van der Waals surface area contributed by atoms with Gasteiger partial charge in [0.15, 0.2) is 0 Å². The van der Waals surface area contributed by atoms with E-state index in [1.807, 2.05) is 0 Å². The SMILES string of the molecule is CCCN(CCN(C)C)CC1(N)CCC1. The molecule has 0 spiro atoms. The lowest BCUT2D eigenvalue weighted by Gasteiger charge is -2.42. The molecule has 2 N–H and O–H groups in total. The molecule has 1 aliphatic carbocycles. The molecular formula is C12H27N3. The van der Waals surface area contributed by atoms with Crippen LogP contribution in [0.25, 0.3) is 0 Å². The van der Waals surface area contributed by atoms with Gasteiger partial charge in [0.05, 0.1) is 0 Å². The van der Waals surface area contributed by atoms with Gasteiger partial charge in [0, 0.05) is 25.2 Å². The summed E-state index contributed by atoms with van der Waals surface area (Å²) in [7, 11) is 4.26. The zero-order valence-electron chi connectivity index (χ0n) is 10.6. The van der Waals surface area contributed by atoms with Crippen molar-refractivity contribution in [3.05, 3.63) is 0 Å². The van der Waals surface area contributed by atoms with Crippen LogP contribution in [0, 0.1) is 0 Å². The van der Waals surface area contributed by atoms with Crippen molar-refractivity contribution < 1.29 is 0 Å². The molecule has 1 rings (SSSR count). The number of hydrogen-bond acceptors (Lipinski definition) is 3. The highest BCUT2D eigenvalue weighted by molar-refractivity contribution is 4.95. The van der Waals surface area contributed by atoms with Gasteiger partial charge in [0.1, 0.15) is 0 Å². The molecular weight excluding hydrogens is 186 g/mol. The number of nitrogens with two attached hydrogens (primary N) is 1. The molecule has 3 heteroatoms. The molecule has 0 saturated heterocycles. The van der Waals surface area contributed by atoms with Gasteiger partial charge < -0.3 is 15.5 Å². The van der Waals surface area contributed by atoms with E-state index in [9.17, 15) is 0 Å². The summed E-state index contributed by atoms with van der Waals surface area (Å²) >= 11 is 0. The molecule has 1 aliphatic rings. The van der Waals surface area contributed by atoms with Gasteiger partial charge in [-0.2, -0.15) is 0 Å². The highest BCUT2D eigenvalue weighted by Gasteiger charge is 2.33. The second-order valence-corrected chi connectivity index (χ2v) is 5.30. The first-order valence-corrected chi connectivity index (χ1v) is 6.22. The molecule has 0 amide bonds. The van der Waals surface area contributed by atoms with E-state index in [0.717, 1.165) is 19.6 Å². The van der Waals surface area contributed by atoms with Crippen LogP contribution in [-0.4, -0.2) is 55.6 Å². The minimum atomic E-state index is 0.140. The highest BCUT2D eigenvalue weighted by atomic mass is 15.2. The Morgan fingerprint density at radius 3 is 2.20 bits per heavy atom. The molecule has 3 nitrogen and oxygen atoms in total. The highest BCUT2D eigenvalue weighted by Crippen LogP contribution is 2.29. The lowest BCUT2D eigenvalue weighted by molar-refractivity contribution is 0.137. The van der Waals surface area contributed by atoms with E-state index in [0.29, 0.717) is 0 Å². The smallest absolute Gasteiger partial charge is 0.0283 e. The normalized spacial score (nSPS) is 19.6. The maximum atomic E-state index is 6.29. The Morgan fingerprint density at radius 2 is 1.80 bits per heavy atom. The summed E-state index contributed by atoms with van der Waals surface area (Å²) in [5, 5.41) is 0. The van der Waals surface area contributed by atoms with Gasteiger partial charge in [-0.25, -0.2) is 0 Å². The van der Waals surface area contributed by atoms with Crippen molar-refractivity contribution in [1.29, 1.82) is 0 Å². The van der Waals surface area contributed by atoms with Crippen molar-refractivity contribution in [2.45, 2.75) is 38.1 Å². The maximum absolute atomic E-state index is 6.29. The van der Waals surface area contributed by atoms with Gasteiger partial charge in [0.2, 0.25) is 0 Å². The third-order valence-corrected chi connectivity index (χ3v) is 3.29. The van der Waals surface area contributed by atoms with Crippen molar-refractivity contribution in [3.63, 3.8) is 0 Å². The standard InChI is InChI=1S/C12H27N3/c1-4-8-15(10-9-14(2)3)11-12(13)6-5-7-12/h4-11,13H2,1-3H3. The largest absolute Gasteiger partial charge is 0.324 e. The predicted molar refractivity (Wildman–Crippen MR) is 66.1 cm³/mol. The third-order valence-electron chi connectivity index (χ3n) is 3.29. The molecule has 0 heterocycles. The van der Waals surface area contributed by atoms with Crippen LogP contribution in [0.15, 0.2) is 0 Å². The van der Waals surface area contributed by atoms with Crippen LogP contribution < -0.4 is 5.73 Å². The fourth-order valence-corrected chi connectivity index (χ4v) is 2.16. The fraction of sp³-hybridized carbons (Fsp3) is 1.00. The lowest BCUT2D eigenvalue weighted by Crippen LogP contribution is -2.55. The minimum absolute atomic E-state index is 0.140. The molecule has 0 aromatic heterocycles. The van der Waals surface area contributed by atoms with Crippen molar-refractivity contribution in [2.75, 3.05) is 40.3 Å². The quantitative estimate of drug-likeness (QED) is 0.688. The van der Waals surface area contributed by atoms with E-state index >= 15 is 0 Å². The molecule has 15 heavy (non-hydrogen) atoms. The Hall–Kier alpha value is -0.120. The average Bonchev–Trinajstić information content (AvgIpc) is 2.12. The van der Waals surface area contributed by atoms with Crippen LogP contribution in [0.4, 0.5) is 0 Å². The molecule has 1 saturated carbocycles. The second-order valence-electron chi connectivity index (χ2n) is 5.30. The van der Waals surface area contributed by atoms with E-state index in [2.05, 4.69) is 30.8 Å². The van der Waals surface area contributed by atoms with Crippen molar-refractivity contribution in [3.8, 4) is 0 Å². The predicted octanol–water partition coefficient (Wildman–Crippen LogP) is 1.14. The van der Waals surface area contributed by atoms with Crippen LogP contribution in [-0.2, 0) is 0 Å². The minimum Gasteiger partial charge on any atom is -0.324 e. The van der Waals surface area contributed by atoms with Crippen molar-refractivity contribution in [1.82, 2.24) is 9.80 Å². The zero-order chi connectivity index (χ0) is 11.3. The van der Waals surface area contributed by atoms with Crippen LogP contribution >= 0.6 is 0 Å². The first kappa shape index (κ1) is 12.9. The Kier molecular flexibility index (Phi) is 5.03. The first-order valence-electron chi connectivity index (χ1n) is 6.22. The molecule has 0 radical (unpaired) electrons. The molecule has 0 unspecified atom stereocenters. The summed E-state index contributed by atoms with van der Waals surface area (Å²) in [6.07, 6.45) is 4.98.